The number of likely N-dealkylation sites (N-methyl/N-ethyl adjacent to an activating group) is 2. The van der Waals surface area contributed by atoms with Gasteiger partial charge in [-0.2, -0.15) is 0 Å². The molecule has 2 aromatic carbocycles. The number of hydrogen-bond donors (Lipinski definition) is 1. The zero-order valence-corrected chi connectivity index (χ0v) is 15.6. The van der Waals surface area contributed by atoms with Crippen LogP contribution in [0.15, 0.2) is 47.5 Å². The molecule has 0 unspecified atom stereocenters. The number of carbonyl (C=O) groups is 1. The summed E-state index contributed by atoms with van der Waals surface area (Å²) in [6.07, 6.45) is 0. The number of amidine groups is 1. The van der Waals surface area contributed by atoms with E-state index in [1.807, 2.05) is 19.0 Å². The second kappa shape index (κ2) is 8.13. The molecule has 9 heteroatoms. The lowest BCUT2D eigenvalue weighted by Crippen LogP contribution is -2.46. The summed E-state index contributed by atoms with van der Waals surface area (Å²) in [5, 5.41) is 13.8. The van der Waals surface area contributed by atoms with Crippen LogP contribution in [0, 0.1) is 15.9 Å². The third-order valence-corrected chi connectivity index (χ3v) is 4.46. The Morgan fingerprint density at radius 2 is 1.89 bits per heavy atom. The summed E-state index contributed by atoms with van der Waals surface area (Å²) in [4.78, 5) is 32.0. The number of carbonyl (C=O) groups excluding carboxylic acids is 1. The molecule has 0 aromatic heterocycles. The Labute approximate surface area is 161 Å². The van der Waals surface area contributed by atoms with E-state index >= 15 is 0 Å². The van der Waals surface area contributed by atoms with Gasteiger partial charge < -0.3 is 10.2 Å². The number of rotatable bonds is 4. The molecule has 0 aliphatic carbocycles. The highest BCUT2D eigenvalue weighted by atomic mass is 19.1. The molecule has 1 fully saturated rings. The van der Waals surface area contributed by atoms with Crippen LogP contribution < -0.4 is 5.32 Å². The number of amides is 1. The summed E-state index contributed by atoms with van der Waals surface area (Å²) < 4.78 is 13.1. The maximum absolute atomic E-state index is 13.1. The van der Waals surface area contributed by atoms with Crippen molar-refractivity contribution < 1.29 is 14.1 Å². The molecular formula is C19H20FN5O3. The summed E-state index contributed by atoms with van der Waals surface area (Å²) in [6.45, 7) is 2.29. The number of nitro groups is 1. The highest BCUT2D eigenvalue weighted by Crippen LogP contribution is 2.26. The number of nitrogens with one attached hydrogen (secondary N) is 1. The maximum atomic E-state index is 13.1. The van der Waals surface area contributed by atoms with Gasteiger partial charge in [-0.15, -0.1) is 0 Å². The summed E-state index contributed by atoms with van der Waals surface area (Å²) in [5.41, 5.74) is 0.586. The Bertz CT molecular complexity index is 930. The van der Waals surface area contributed by atoms with Crippen LogP contribution in [0.4, 0.5) is 21.5 Å². The lowest BCUT2D eigenvalue weighted by Gasteiger charge is -2.32. The van der Waals surface area contributed by atoms with E-state index in [1.165, 1.54) is 42.5 Å². The van der Waals surface area contributed by atoms with Gasteiger partial charge in [0.1, 0.15) is 11.7 Å². The number of nitro benzene ring substituents is 1. The first-order valence-electron chi connectivity index (χ1n) is 8.66. The van der Waals surface area contributed by atoms with Gasteiger partial charge in [0, 0.05) is 38.0 Å². The highest BCUT2D eigenvalue weighted by molar-refractivity contribution is 6.08. The van der Waals surface area contributed by atoms with Crippen LogP contribution in [-0.2, 0) is 0 Å². The van der Waals surface area contributed by atoms with Gasteiger partial charge in [-0.05, 0) is 37.4 Å². The van der Waals surface area contributed by atoms with Gasteiger partial charge in [0.25, 0.3) is 11.6 Å². The van der Waals surface area contributed by atoms with Crippen molar-refractivity contribution in [3.8, 4) is 0 Å². The molecule has 1 N–H and O–H groups in total. The number of aliphatic imine (C=N–C) groups is 1. The van der Waals surface area contributed by atoms with Crippen molar-refractivity contribution in [2.75, 3.05) is 39.0 Å². The number of hydrogen-bond acceptors (Lipinski definition) is 5. The van der Waals surface area contributed by atoms with Crippen molar-refractivity contribution in [2.24, 2.45) is 4.99 Å². The summed E-state index contributed by atoms with van der Waals surface area (Å²) in [7, 11) is 3.88. The molecule has 0 radical (unpaired) electrons. The normalized spacial score (nSPS) is 16.2. The number of nitrogens with zero attached hydrogens (tertiary/aromatic N) is 4. The fraction of sp³-hybridized carbons (Fsp3) is 0.263. The van der Waals surface area contributed by atoms with Crippen molar-refractivity contribution in [1.29, 1.82) is 0 Å². The predicted molar refractivity (Wildman–Crippen MR) is 105 cm³/mol. The number of benzene rings is 2. The molecular weight excluding hydrogens is 365 g/mol. The maximum Gasteiger partial charge on any atom is 0.270 e. The molecule has 2 aromatic rings. The van der Waals surface area contributed by atoms with E-state index < -0.39 is 16.6 Å². The van der Waals surface area contributed by atoms with E-state index in [2.05, 4.69) is 15.2 Å². The van der Waals surface area contributed by atoms with Crippen LogP contribution in [0.3, 0.4) is 0 Å². The van der Waals surface area contributed by atoms with Gasteiger partial charge in [-0.3, -0.25) is 19.8 Å². The van der Waals surface area contributed by atoms with Crippen LogP contribution in [0.5, 0.6) is 0 Å². The minimum atomic E-state index is -0.563. The van der Waals surface area contributed by atoms with Crippen LogP contribution in [-0.4, -0.2) is 60.2 Å². The monoisotopic (exact) mass is 385 g/mol. The first kappa shape index (κ1) is 19.4. The van der Waals surface area contributed by atoms with E-state index in [0.717, 1.165) is 18.9 Å². The van der Waals surface area contributed by atoms with E-state index in [9.17, 15) is 19.3 Å². The molecule has 0 spiro atoms. The Morgan fingerprint density at radius 3 is 2.57 bits per heavy atom. The molecule has 1 aliphatic heterocycles. The second-order valence-corrected chi connectivity index (χ2v) is 6.61. The summed E-state index contributed by atoms with van der Waals surface area (Å²) in [5.74, 6) is -0.218. The van der Waals surface area contributed by atoms with E-state index in [0.29, 0.717) is 17.9 Å². The third-order valence-electron chi connectivity index (χ3n) is 4.46. The fourth-order valence-electron chi connectivity index (χ4n) is 2.80. The average Bonchev–Trinajstić information content (AvgIpc) is 2.66. The zero-order chi connectivity index (χ0) is 20.3. The van der Waals surface area contributed by atoms with Crippen LogP contribution >= 0.6 is 0 Å². The molecule has 0 bridgehead atoms. The van der Waals surface area contributed by atoms with Crippen LogP contribution in [0.2, 0.25) is 0 Å². The fourth-order valence-corrected chi connectivity index (χ4v) is 2.80. The Hall–Kier alpha value is -3.33. The molecule has 28 heavy (non-hydrogen) atoms. The minimum absolute atomic E-state index is 0.0765. The lowest BCUT2D eigenvalue weighted by atomic mass is 10.1. The van der Waals surface area contributed by atoms with Crippen molar-refractivity contribution in [3.63, 3.8) is 0 Å². The van der Waals surface area contributed by atoms with Gasteiger partial charge in [-0.25, -0.2) is 9.38 Å². The zero-order valence-electron chi connectivity index (χ0n) is 15.6. The molecule has 146 valence electrons. The van der Waals surface area contributed by atoms with Crippen LogP contribution in [0.25, 0.3) is 0 Å². The molecule has 1 saturated heterocycles. The largest absolute Gasteiger partial charge is 0.361 e. The van der Waals surface area contributed by atoms with Gasteiger partial charge in [0.05, 0.1) is 22.7 Å². The van der Waals surface area contributed by atoms with Crippen LogP contribution in [0.1, 0.15) is 10.4 Å². The highest BCUT2D eigenvalue weighted by Gasteiger charge is 2.20. The SMILES string of the molecule is CN1CCN(C)/C(=N\c2ccc([N+](=O)[O-])cc2C(=O)Nc2ccc(F)cc2)C1. The second-order valence-electron chi connectivity index (χ2n) is 6.61. The molecule has 3 rings (SSSR count). The quantitative estimate of drug-likeness (QED) is 0.645. The number of halogens is 1. The molecule has 0 saturated carbocycles. The standard InChI is InChI=1S/C19H20FN5O3/c1-23-9-10-24(2)18(12-23)22-17-8-7-15(25(27)28)11-16(17)19(26)21-14-5-3-13(20)4-6-14/h3-8,11H,9-10,12H2,1-2H3,(H,21,26)/b22-18-. The Balaban J connectivity index is 1.97. The van der Waals surface area contributed by atoms with Gasteiger partial charge in [0.2, 0.25) is 0 Å². The molecule has 1 aliphatic rings. The van der Waals surface area contributed by atoms with E-state index in [-0.39, 0.29) is 11.3 Å². The van der Waals surface area contributed by atoms with Crippen molar-refractivity contribution >= 4 is 28.8 Å². The minimum Gasteiger partial charge on any atom is -0.361 e. The first-order chi connectivity index (χ1) is 13.3. The molecule has 8 nitrogen and oxygen atoms in total. The summed E-state index contributed by atoms with van der Waals surface area (Å²) in [6, 6.07) is 9.26. The molecule has 0 atom stereocenters. The number of anilines is 1. The Morgan fingerprint density at radius 1 is 1.18 bits per heavy atom. The van der Waals surface area contributed by atoms with Gasteiger partial charge >= 0.3 is 0 Å². The first-order valence-corrected chi connectivity index (χ1v) is 8.66. The molecule has 1 heterocycles. The number of piperazine rings is 1. The summed E-state index contributed by atoms with van der Waals surface area (Å²) >= 11 is 0. The third kappa shape index (κ3) is 4.49. The topological polar surface area (TPSA) is 91.1 Å². The van der Waals surface area contributed by atoms with Crippen molar-refractivity contribution in [3.05, 3.63) is 64.0 Å². The van der Waals surface area contributed by atoms with E-state index in [4.69, 9.17) is 0 Å². The van der Waals surface area contributed by atoms with Gasteiger partial charge in [0.15, 0.2) is 0 Å². The van der Waals surface area contributed by atoms with Crippen molar-refractivity contribution in [2.45, 2.75) is 0 Å². The number of non-ortho nitro benzene ring substituents is 1. The van der Waals surface area contributed by atoms with Gasteiger partial charge in [-0.1, -0.05) is 0 Å². The molecule has 1 amide bonds. The van der Waals surface area contributed by atoms with E-state index in [1.54, 1.807) is 0 Å². The Kier molecular flexibility index (Phi) is 5.65. The average molecular weight is 385 g/mol. The predicted octanol–water partition coefficient (Wildman–Crippen LogP) is 2.89. The lowest BCUT2D eigenvalue weighted by molar-refractivity contribution is -0.384. The van der Waals surface area contributed by atoms with Crippen molar-refractivity contribution in [1.82, 2.24) is 9.80 Å². The smallest absolute Gasteiger partial charge is 0.270 e.